The van der Waals surface area contributed by atoms with Gasteiger partial charge >= 0.3 is 5.97 Å². The van der Waals surface area contributed by atoms with Crippen molar-refractivity contribution in [3.8, 4) is 0 Å². The molecule has 0 spiro atoms. The maximum atomic E-state index is 11.9. The number of nitrogens with two attached hydrogens (primary N) is 1. The monoisotopic (exact) mass is 228 g/mol. The molecule has 1 aliphatic heterocycles. The van der Waals surface area contributed by atoms with Crippen LogP contribution in [0.25, 0.3) is 0 Å². The first-order valence-electron chi connectivity index (χ1n) is 5.66. The molecule has 1 aliphatic rings. The summed E-state index contributed by atoms with van der Waals surface area (Å²) in [5, 5.41) is 0. The Hall–Kier alpha value is -0.940. The molecular weight excluding hydrogens is 208 g/mol. The van der Waals surface area contributed by atoms with Crippen molar-refractivity contribution in [1.82, 2.24) is 4.90 Å². The minimum Gasteiger partial charge on any atom is -0.465 e. The molecule has 16 heavy (non-hydrogen) atoms. The first-order chi connectivity index (χ1) is 7.56. The fraction of sp³-hybridized carbons (Fsp3) is 0.818. The Balaban J connectivity index is 2.85. The molecule has 0 aromatic carbocycles. The number of ketones is 1. The molecule has 5 heteroatoms. The van der Waals surface area contributed by atoms with Crippen LogP contribution in [0.4, 0.5) is 0 Å². The SMILES string of the molecule is CCOC(=O)C1(C(=O)CN)CCN(C)CC1. The number of piperidine rings is 1. The lowest BCUT2D eigenvalue weighted by atomic mass is 9.74. The van der Waals surface area contributed by atoms with Crippen molar-refractivity contribution in [2.45, 2.75) is 19.8 Å². The summed E-state index contributed by atoms with van der Waals surface area (Å²) in [5.41, 5.74) is 4.40. The molecule has 2 N–H and O–H groups in total. The van der Waals surface area contributed by atoms with E-state index >= 15 is 0 Å². The van der Waals surface area contributed by atoms with E-state index in [0.29, 0.717) is 19.4 Å². The van der Waals surface area contributed by atoms with Crippen LogP contribution >= 0.6 is 0 Å². The van der Waals surface area contributed by atoms with Gasteiger partial charge in [-0.05, 0) is 39.9 Å². The number of esters is 1. The first kappa shape index (κ1) is 13.1. The molecular formula is C11H20N2O3. The molecule has 0 radical (unpaired) electrons. The Labute approximate surface area is 95.9 Å². The molecule has 1 saturated heterocycles. The highest BCUT2D eigenvalue weighted by atomic mass is 16.5. The maximum absolute atomic E-state index is 11.9. The Bertz CT molecular complexity index is 270. The van der Waals surface area contributed by atoms with Crippen molar-refractivity contribution in [2.75, 3.05) is 33.3 Å². The Kier molecular flexibility index (Phi) is 4.44. The van der Waals surface area contributed by atoms with Gasteiger partial charge < -0.3 is 15.4 Å². The van der Waals surface area contributed by atoms with Crippen LogP contribution in [0.2, 0.25) is 0 Å². The van der Waals surface area contributed by atoms with Crippen molar-refractivity contribution in [2.24, 2.45) is 11.1 Å². The van der Waals surface area contributed by atoms with Gasteiger partial charge in [0.05, 0.1) is 13.2 Å². The predicted octanol–water partition coefficient (Wildman–Crippen LogP) is -0.211. The molecule has 0 aromatic heterocycles. The van der Waals surface area contributed by atoms with E-state index in [-0.39, 0.29) is 12.3 Å². The molecule has 5 nitrogen and oxygen atoms in total. The number of rotatable bonds is 4. The van der Waals surface area contributed by atoms with Gasteiger partial charge in [-0.3, -0.25) is 9.59 Å². The molecule has 1 fully saturated rings. The zero-order valence-corrected chi connectivity index (χ0v) is 9.99. The van der Waals surface area contributed by atoms with Crippen LogP contribution in [-0.4, -0.2) is 49.9 Å². The zero-order valence-electron chi connectivity index (χ0n) is 9.99. The van der Waals surface area contributed by atoms with E-state index < -0.39 is 11.4 Å². The van der Waals surface area contributed by atoms with Crippen LogP contribution in [0.1, 0.15) is 19.8 Å². The van der Waals surface area contributed by atoms with Gasteiger partial charge in [0.25, 0.3) is 0 Å². The highest BCUT2D eigenvalue weighted by molar-refractivity contribution is 6.04. The summed E-state index contributed by atoms with van der Waals surface area (Å²) in [6.07, 6.45) is 1.02. The highest BCUT2D eigenvalue weighted by Gasteiger charge is 2.47. The molecule has 0 atom stereocenters. The smallest absolute Gasteiger partial charge is 0.319 e. The van der Waals surface area contributed by atoms with Crippen molar-refractivity contribution in [3.63, 3.8) is 0 Å². The third-order valence-corrected chi connectivity index (χ3v) is 3.23. The van der Waals surface area contributed by atoms with Crippen LogP contribution in [0.15, 0.2) is 0 Å². The summed E-state index contributed by atoms with van der Waals surface area (Å²) in [4.78, 5) is 25.9. The summed E-state index contributed by atoms with van der Waals surface area (Å²) in [7, 11) is 1.97. The number of ether oxygens (including phenoxy) is 1. The summed E-state index contributed by atoms with van der Waals surface area (Å²) in [6.45, 7) is 3.40. The van der Waals surface area contributed by atoms with Gasteiger partial charge in [-0.25, -0.2) is 0 Å². The average Bonchev–Trinajstić information content (AvgIpc) is 2.29. The molecule has 0 aliphatic carbocycles. The summed E-state index contributed by atoms with van der Waals surface area (Å²) >= 11 is 0. The fourth-order valence-corrected chi connectivity index (χ4v) is 2.06. The molecule has 0 saturated carbocycles. The average molecular weight is 228 g/mol. The zero-order chi connectivity index (χ0) is 12.2. The molecule has 0 unspecified atom stereocenters. The van der Waals surface area contributed by atoms with Crippen LogP contribution in [-0.2, 0) is 14.3 Å². The van der Waals surface area contributed by atoms with E-state index in [1.54, 1.807) is 6.92 Å². The Morgan fingerprint density at radius 3 is 2.38 bits per heavy atom. The molecule has 0 bridgehead atoms. The molecule has 1 heterocycles. The minimum absolute atomic E-state index is 0.0947. The normalized spacial score (nSPS) is 20.4. The van der Waals surface area contributed by atoms with Gasteiger partial charge in [-0.2, -0.15) is 0 Å². The van der Waals surface area contributed by atoms with Gasteiger partial charge in [-0.1, -0.05) is 0 Å². The number of likely N-dealkylation sites (tertiary alicyclic amines) is 1. The van der Waals surface area contributed by atoms with Gasteiger partial charge in [0, 0.05) is 0 Å². The van der Waals surface area contributed by atoms with Crippen LogP contribution in [0.3, 0.4) is 0 Å². The largest absolute Gasteiger partial charge is 0.465 e. The topological polar surface area (TPSA) is 72.6 Å². The number of carbonyl (C=O) groups excluding carboxylic acids is 2. The Morgan fingerprint density at radius 2 is 1.94 bits per heavy atom. The minimum atomic E-state index is -0.989. The second-order valence-corrected chi connectivity index (χ2v) is 4.23. The van der Waals surface area contributed by atoms with Gasteiger partial charge in [0.1, 0.15) is 5.41 Å². The standard InChI is InChI=1S/C11H20N2O3/c1-3-16-10(15)11(9(14)8-12)4-6-13(2)7-5-11/h3-8,12H2,1-2H3. The second kappa shape index (κ2) is 5.41. The lowest BCUT2D eigenvalue weighted by Crippen LogP contribution is -2.50. The van der Waals surface area contributed by atoms with Gasteiger partial charge in [0.15, 0.2) is 5.78 Å². The third kappa shape index (κ3) is 2.41. The summed E-state index contributed by atoms with van der Waals surface area (Å²) in [6, 6.07) is 0. The van der Waals surface area contributed by atoms with Crippen LogP contribution in [0.5, 0.6) is 0 Å². The number of carbonyl (C=O) groups is 2. The lowest BCUT2D eigenvalue weighted by Gasteiger charge is -2.37. The van der Waals surface area contributed by atoms with Crippen molar-refractivity contribution in [3.05, 3.63) is 0 Å². The predicted molar refractivity (Wildman–Crippen MR) is 59.9 cm³/mol. The lowest BCUT2D eigenvalue weighted by molar-refractivity contribution is -0.163. The number of Topliss-reactive ketones (excluding diaryl/α,β-unsaturated/α-hetero) is 1. The molecule has 0 aromatic rings. The van der Waals surface area contributed by atoms with Gasteiger partial charge in [-0.15, -0.1) is 0 Å². The van der Waals surface area contributed by atoms with Gasteiger partial charge in [0.2, 0.25) is 0 Å². The third-order valence-electron chi connectivity index (χ3n) is 3.23. The molecule has 92 valence electrons. The second-order valence-electron chi connectivity index (χ2n) is 4.23. The van der Waals surface area contributed by atoms with E-state index in [1.807, 2.05) is 7.05 Å². The van der Waals surface area contributed by atoms with Crippen molar-refractivity contribution in [1.29, 1.82) is 0 Å². The van der Waals surface area contributed by atoms with E-state index in [4.69, 9.17) is 10.5 Å². The maximum Gasteiger partial charge on any atom is 0.319 e. The quantitative estimate of drug-likeness (QED) is 0.532. The van der Waals surface area contributed by atoms with E-state index in [0.717, 1.165) is 13.1 Å². The van der Waals surface area contributed by atoms with E-state index in [2.05, 4.69) is 4.90 Å². The highest BCUT2D eigenvalue weighted by Crippen LogP contribution is 2.33. The molecule has 1 rings (SSSR count). The first-order valence-corrected chi connectivity index (χ1v) is 5.66. The van der Waals surface area contributed by atoms with Crippen LogP contribution < -0.4 is 5.73 Å². The van der Waals surface area contributed by atoms with Crippen molar-refractivity contribution >= 4 is 11.8 Å². The number of hydrogen-bond donors (Lipinski definition) is 1. The van der Waals surface area contributed by atoms with E-state index in [9.17, 15) is 9.59 Å². The number of nitrogens with zero attached hydrogens (tertiary/aromatic N) is 1. The Morgan fingerprint density at radius 1 is 1.38 bits per heavy atom. The number of hydrogen-bond acceptors (Lipinski definition) is 5. The summed E-state index contributed by atoms with van der Waals surface area (Å²) in [5.74, 6) is -0.599. The molecule has 0 amide bonds. The van der Waals surface area contributed by atoms with Crippen LogP contribution in [0, 0.1) is 5.41 Å². The van der Waals surface area contributed by atoms with E-state index in [1.165, 1.54) is 0 Å². The summed E-state index contributed by atoms with van der Waals surface area (Å²) < 4.78 is 5.01. The fourth-order valence-electron chi connectivity index (χ4n) is 2.06. The van der Waals surface area contributed by atoms with Crippen molar-refractivity contribution < 1.29 is 14.3 Å².